The number of carbonyl (C=O) groups excluding carboxylic acids is 1. The molecule has 0 aromatic carbocycles. The standard InChI is InChI=1S/C18H32N2O3/c1-7-22-14-8-13(18(14,5)6)19-15-11-9-20(10-12(11)15)16(21)23-17(2,3)4/h11-15,19H,7-10H2,1-6H3. The largest absolute Gasteiger partial charge is 0.444 e. The number of hydrogen-bond donors (Lipinski definition) is 1. The molecule has 0 radical (unpaired) electrons. The Morgan fingerprint density at radius 3 is 2.35 bits per heavy atom. The fourth-order valence-corrected chi connectivity index (χ4v) is 4.13. The van der Waals surface area contributed by atoms with Crippen LogP contribution in [0, 0.1) is 17.3 Å². The van der Waals surface area contributed by atoms with Crippen LogP contribution in [0.4, 0.5) is 4.79 Å². The van der Waals surface area contributed by atoms with E-state index in [0.717, 1.165) is 26.1 Å². The lowest BCUT2D eigenvalue weighted by Gasteiger charge is -2.52. The van der Waals surface area contributed by atoms with Crippen LogP contribution in [0.3, 0.4) is 0 Å². The van der Waals surface area contributed by atoms with Crippen LogP contribution in [-0.4, -0.2) is 54.5 Å². The molecule has 1 heterocycles. The molecule has 1 aliphatic heterocycles. The molecule has 4 atom stereocenters. The summed E-state index contributed by atoms with van der Waals surface area (Å²) >= 11 is 0. The van der Waals surface area contributed by atoms with Crippen molar-refractivity contribution in [1.29, 1.82) is 0 Å². The van der Waals surface area contributed by atoms with E-state index in [4.69, 9.17) is 9.47 Å². The van der Waals surface area contributed by atoms with Crippen LogP contribution in [0.5, 0.6) is 0 Å². The number of hydrogen-bond acceptors (Lipinski definition) is 4. The molecule has 2 aliphatic carbocycles. The monoisotopic (exact) mass is 324 g/mol. The summed E-state index contributed by atoms with van der Waals surface area (Å²) < 4.78 is 11.3. The third kappa shape index (κ3) is 3.22. The predicted octanol–water partition coefficient (Wildman–Crippen LogP) is 2.64. The summed E-state index contributed by atoms with van der Waals surface area (Å²) in [6.45, 7) is 14.9. The number of carbonyl (C=O) groups is 1. The van der Waals surface area contributed by atoms with E-state index in [1.165, 1.54) is 0 Å². The molecular weight excluding hydrogens is 292 g/mol. The summed E-state index contributed by atoms with van der Waals surface area (Å²) in [7, 11) is 0. The van der Waals surface area contributed by atoms with Crippen molar-refractivity contribution in [1.82, 2.24) is 10.2 Å². The molecule has 3 rings (SSSR count). The van der Waals surface area contributed by atoms with Crippen molar-refractivity contribution in [2.24, 2.45) is 17.3 Å². The van der Waals surface area contributed by atoms with Gasteiger partial charge in [-0.2, -0.15) is 0 Å². The van der Waals surface area contributed by atoms with E-state index in [1.807, 2.05) is 25.7 Å². The number of fused-ring (bicyclic) bond motifs is 1. The summed E-state index contributed by atoms with van der Waals surface area (Å²) in [5.41, 5.74) is -0.205. The van der Waals surface area contributed by atoms with Crippen LogP contribution < -0.4 is 5.32 Å². The van der Waals surface area contributed by atoms with Crippen LogP contribution >= 0.6 is 0 Å². The lowest BCUT2D eigenvalue weighted by molar-refractivity contribution is -0.115. The van der Waals surface area contributed by atoms with Gasteiger partial charge in [0.1, 0.15) is 5.60 Å². The molecule has 3 fully saturated rings. The summed E-state index contributed by atoms with van der Waals surface area (Å²) in [5, 5.41) is 3.82. The maximum absolute atomic E-state index is 12.1. The Kier molecular flexibility index (Phi) is 4.16. The normalized spacial score (nSPS) is 38.0. The number of likely N-dealkylation sites (tertiary alicyclic amines) is 1. The molecule has 23 heavy (non-hydrogen) atoms. The fourth-order valence-electron chi connectivity index (χ4n) is 4.13. The Bertz CT molecular complexity index is 459. The highest BCUT2D eigenvalue weighted by Gasteiger charge is 2.60. The molecule has 1 saturated heterocycles. The van der Waals surface area contributed by atoms with Crippen LogP contribution in [0.25, 0.3) is 0 Å². The summed E-state index contributed by atoms with van der Waals surface area (Å²) in [6, 6.07) is 1.10. The van der Waals surface area contributed by atoms with Crippen molar-refractivity contribution in [3.63, 3.8) is 0 Å². The number of ether oxygens (including phenoxy) is 2. The Hall–Kier alpha value is -0.810. The van der Waals surface area contributed by atoms with Gasteiger partial charge in [0.15, 0.2) is 0 Å². The topological polar surface area (TPSA) is 50.8 Å². The van der Waals surface area contributed by atoms with E-state index in [0.29, 0.717) is 30.0 Å². The third-order valence-electron chi connectivity index (χ3n) is 5.78. The minimum atomic E-state index is -0.411. The summed E-state index contributed by atoms with van der Waals surface area (Å²) in [6.07, 6.45) is 1.32. The Balaban J connectivity index is 1.44. The molecule has 0 aromatic rings. The van der Waals surface area contributed by atoms with Gasteiger partial charge in [-0.3, -0.25) is 0 Å². The van der Waals surface area contributed by atoms with Crippen molar-refractivity contribution >= 4 is 6.09 Å². The molecule has 3 aliphatic rings. The van der Waals surface area contributed by atoms with Crippen molar-refractivity contribution in [3.05, 3.63) is 0 Å². The van der Waals surface area contributed by atoms with Crippen LogP contribution in [-0.2, 0) is 9.47 Å². The van der Waals surface area contributed by atoms with Gasteiger partial charge in [0, 0.05) is 37.2 Å². The second-order valence-electron chi connectivity index (χ2n) is 8.96. The third-order valence-corrected chi connectivity index (χ3v) is 5.78. The van der Waals surface area contributed by atoms with Gasteiger partial charge in [0.25, 0.3) is 0 Å². The highest BCUT2D eigenvalue weighted by molar-refractivity contribution is 5.69. The van der Waals surface area contributed by atoms with E-state index in [-0.39, 0.29) is 11.5 Å². The second-order valence-corrected chi connectivity index (χ2v) is 8.96. The predicted molar refractivity (Wildman–Crippen MR) is 89.3 cm³/mol. The van der Waals surface area contributed by atoms with Gasteiger partial charge in [-0.05, 0) is 46.0 Å². The fraction of sp³-hybridized carbons (Fsp3) is 0.944. The second kappa shape index (κ2) is 5.62. The average molecular weight is 324 g/mol. The zero-order valence-electron chi connectivity index (χ0n) is 15.4. The Labute approximate surface area is 140 Å². The van der Waals surface area contributed by atoms with Crippen LogP contribution in [0.1, 0.15) is 48.0 Å². The van der Waals surface area contributed by atoms with E-state index >= 15 is 0 Å². The highest BCUT2D eigenvalue weighted by Crippen LogP contribution is 2.50. The number of nitrogens with one attached hydrogen (secondary N) is 1. The van der Waals surface area contributed by atoms with Gasteiger partial charge in [0.2, 0.25) is 0 Å². The smallest absolute Gasteiger partial charge is 0.410 e. The van der Waals surface area contributed by atoms with Gasteiger partial charge in [-0.1, -0.05) is 13.8 Å². The number of piperidine rings is 1. The Morgan fingerprint density at radius 2 is 1.87 bits per heavy atom. The lowest BCUT2D eigenvalue weighted by atomic mass is 9.64. The Morgan fingerprint density at radius 1 is 1.26 bits per heavy atom. The first-order chi connectivity index (χ1) is 10.6. The molecular formula is C18H32N2O3. The number of rotatable bonds is 4. The molecule has 5 heteroatoms. The number of nitrogens with zero attached hydrogens (tertiary/aromatic N) is 1. The molecule has 2 saturated carbocycles. The first kappa shape index (κ1) is 17.0. The van der Waals surface area contributed by atoms with Gasteiger partial charge >= 0.3 is 6.09 Å². The summed E-state index contributed by atoms with van der Waals surface area (Å²) in [5.74, 6) is 1.20. The van der Waals surface area contributed by atoms with Crippen molar-refractivity contribution in [2.45, 2.75) is 71.8 Å². The molecule has 0 spiro atoms. The lowest BCUT2D eigenvalue weighted by Crippen LogP contribution is -2.62. The van der Waals surface area contributed by atoms with Crippen molar-refractivity contribution < 1.29 is 14.3 Å². The van der Waals surface area contributed by atoms with Gasteiger partial charge < -0.3 is 19.7 Å². The van der Waals surface area contributed by atoms with E-state index in [1.54, 1.807) is 0 Å². The van der Waals surface area contributed by atoms with E-state index < -0.39 is 5.60 Å². The first-order valence-electron chi connectivity index (χ1n) is 8.99. The molecule has 0 aromatic heterocycles. The van der Waals surface area contributed by atoms with Crippen LogP contribution in [0.15, 0.2) is 0 Å². The SMILES string of the molecule is CCOC1CC(NC2C3CN(C(=O)OC(C)(C)C)CC32)C1(C)C. The molecule has 1 N–H and O–H groups in total. The summed E-state index contributed by atoms with van der Waals surface area (Å²) in [4.78, 5) is 14.0. The van der Waals surface area contributed by atoms with Crippen LogP contribution in [0.2, 0.25) is 0 Å². The zero-order valence-corrected chi connectivity index (χ0v) is 15.4. The van der Waals surface area contributed by atoms with Gasteiger partial charge in [0.05, 0.1) is 6.10 Å². The molecule has 1 amide bonds. The molecule has 132 valence electrons. The maximum atomic E-state index is 12.1. The van der Waals surface area contributed by atoms with E-state index in [2.05, 4.69) is 26.1 Å². The number of amides is 1. The van der Waals surface area contributed by atoms with Crippen molar-refractivity contribution in [2.75, 3.05) is 19.7 Å². The van der Waals surface area contributed by atoms with Crippen molar-refractivity contribution in [3.8, 4) is 0 Å². The first-order valence-corrected chi connectivity index (χ1v) is 8.99. The van der Waals surface area contributed by atoms with Gasteiger partial charge in [-0.15, -0.1) is 0 Å². The highest BCUT2D eigenvalue weighted by atomic mass is 16.6. The van der Waals surface area contributed by atoms with Gasteiger partial charge in [-0.25, -0.2) is 4.79 Å². The molecule has 4 unspecified atom stereocenters. The quantitative estimate of drug-likeness (QED) is 0.864. The average Bonchev–Trinajstić information content (AvgIpc) is 2.87. The molecule has 5 nitrogen and oxygen atoms in total. The molecule has 0 bridgehead atoms. The minimum absolute atomic E-state index is 0.163. The zero-order chi connectivity index (χ0) is 17.0. The minimum Gasteiger partial charge on any atom is -0.444 e. The maximum Gasteiger partial charge on any atom is 0.410 e. The van der Waals surface area contributed by atoms with E-state index in [9.17, 15) is 4.79 Å².